The lowest BCUT2D eigenvalue weighted by Crippen LogP contribution is -2.08. The van der Waals surface area contributed by atoms with Crippen molar-refractivity contribution >= 4 is 11.7 Å². The number of carbonyl (C=O) groups is 1. The largest absolute Gasteiger partial charge is 0.493 e. The molecule has 0 aliphatic heterocycles. The lowest BCUT2D eigenvalue weighted by Gasteiger charge is -2.17. The number of benzene rings is 1. The van der Waals surface area contributed by atoms with Crippen molar-refractivity contribution in [3.8, 4) is 5.75 Å². The number of nitrogens with zero attached hydrogens (tertiary/aromatic N) is 1. The van der Waals surface area contributed by atoms with Crippen molar-refractivity contribution in [2.75, 3.05) is 13.7 Å². The zero-order valence-electron chi connectivity index (χ0n) is 29.4. The number of rotatable bonds is 20. The molecule has 1 saturated carbocycles. The van der Waals surface area contributed by atoms with Gasteiger partial charge in [0.1, 0.15) is 5.75 Å². The minimum atomic E-state index is 0.106. The zero-order valence-corrected chi connectivity index (χ0v) is 29.4. The summed E-state index contributed by atoms with van der Waals surface area (Å²) in [7, 11) is 1.71. The Labute approximate surface area is 269 Å². The van der Waals surface area contributed by atoms with Crippen LogP contribution in [0.1, 0.15) is 130 Å². The van der Waals surface area contributed by atoms with Crippen LogP contribution in [0.25, 0.3) is 0 Å². The molecule has 244 valence electrons. The van der Waals surface area contributed by atoms with Gasteiger partial charge in [-0.3, -0.25) is 4.79 Å². The topological polar surface area (TPSA) is 47.9 Å². The highest BCUT2D eigenvalue weighted by molar-refractivity contribution is 5.93. The molecule has 1 aliphatic rings. The maximum Gasteiger partial charge on any atom is 0.216 e. The van der Waals surface area contributed by atoms with E-state index in [4.69, 9.17) is 14.5 Å². The minimum Gasteiger partial charge on any atom is -0.493 e. The van der Waals surface area contributed by atoms with Crippen molar-refractivity contribution in [1.82, 2.24) is 0 Å². The van der Waals surface area contributed by atoms with Gasteiger partial charge < -0.3 is 9.47 Å². The third-order valence-corrected chi connectivity index (χ3v) is 9.22. The molecule has 1 aliphatic carbocycles. The molecule has 44 heavy (non-hydrogen) atoms. The van der Waals surface area contributed by atoms with Crippen LogP contribution < -0.4 is 4.74 Å². The number of hydrogen-bond acceptors (Lipinski definition) is 4. The van der Waals surface area contributed by atoms with E-state index in [0.717, 1.165) is 85.5 Å². The quantitative estimate of drug-likeness (QED) is 0.0644. The Morgan fingerprint density at radius 2 is 1.91 bits per heavy atom. The minimum absolute atomic E-state index is 0.106. The molecule has 0 radical (unpaired) electrons. The van der Waals surface area contributed by atoms with Crippen LogP contribution in [0.5, 0.6) is 5.75 Å². The first kappa shape index (κ1) is 37.3. The van der Waals surface area contributed by atoms with E-state index >= 15 is 0 Å². The van der Waals surface area contributed by atoms with Gasteiger partial charge in [-0.25, -0.2) is 4.99 Å². The molecule has 0 N–H and O–H groups in total. The van der Waals surface area contributed by atoms with E-state index in [9.17, 15) is 4.79 Å². The van der Waals surface area contributed by atoms with E-state index in [1.165, 1.54) is 36.8 Å². The third kappa shape index (κ3) is 12.3. The molecular formula is C40H61NO3. The lowest BCUT2D eigenvalue weighted by atomic mass is 9.91. The summed E-state index contributed by atoms with van der Waals surface area (Å²) < 4.78 is 12.0. The van der Waals surface area contributed by atoms with Crippen LogP contribution in [0.3, 0.4) is 0 Å². The summed E-state index contributed by atoms with van der Waals surface area (Å²) in [6.07, 6.45) is 15.3. The summed E-state index contributed by atoms with van der Waals surface area (Å²) >= 11 is 0. The normalized spacial score (nSPS) is 18.0. The Balaban J connectivity index is 1.88. The molecule has 4 nitrogen and oxygen atoms in total. The summed E-state index contributed by atoms with van der Waals surface area (Å²) in [4.78, 5) is 16.2. The van der Waals surface area contributed by atoms with Gasteiger partial charge in [-0.1, -0.05) is 72.2 Å². The number of ketones is 1. The molecule has 4 heteroatoms. The molecule has 0 heterocycles. The lowest BCUT2D eigenvalue weighted by molar-refractivity contribution is -0.113. The van der Waals surface area contributed by atoms with E-state index < -0.39 is 0 Å². The van der Waals surface area contributed by atoms with Crippen molar-refractivity contribution < 1.29 is 14.3 Å². The predicted octanol–water partition coefficient (Wildman–Crippen LogP) is 11.0. The Hall–Kier alpha value is -2.84. The molecule has 1 fully saturated rings. The highest BCUT2D eigenvalue weighted by Gasteiger charge is 2.41. The van der Waals surface area contributed by atoms with Crippen LogP contribution in [-0.2, 0) is 16.0 Å². The highest BCUT2D eigenvalue weighted by atomic mass is 16.5. The third-order valence-electron chi connectivity index (χ3n) is 9.22. The number of ether oxygens (including phenoxy) is 2. The van der Waals surface area contributed by atoms with Gasteiger partial charge in [0.2, 0.25) is 5.90 Å². The monoisotopic (exact) mass is 603 g/mol. The predicted molar refractivity (Wildman–Crippen MR) is 188 cm³/mol. The second-order valence-corrected chi connectivity index (χ2v) is 13.1. The number of hydrogen-bond donors (Lipinski definition) is 0. The fourth-order valence-corrected chi connectivity index (χ4v) is 6.21. The fourth-order valence-electron chi connectivity index (χ4n) is 6.21. The van der Waals surface area contributed by atoms with E-state index in [2.05, 4.69) is 78.1 Å². The SMILES string of the molecule is C=C(CCCC(C)c1ccc(OCCC2CC2C(CCC)CCC=C(C)C(=NC(=C=CC)C(C)C)OC)c(CC)c1)C(C)=O. The Kier molecular flexibility index (Phi) is 16.6. The molecule has 2 rings (SSSR count). The second-order valence-electron chi connectivity index (χ2n) is 13.1. The number of aliphatic imine (C=N–C) groups is 1. The summed E-state index contributed by atoms with van der Waals surface area (Å²) in [6.45, 7) is 21.4. The van der Waals surface area contributed by atoms with Gasteiger partial charge in [-0.15, -0.1) is 5.73 Å². The fraction of sp³-hybridized carbons (Fsp3) is 0.625. The van der Waals surface area contributed by atoms with Gasteiger partial charge >= 0.3 is 0 Å². The Bertz CT molecular complexity index is 1200. The number of aryl methyl sites for hydroxylation is 1. The second kappa shape index (κ2) is 19.5. The Morgan fingerprint density at radius 1 is 1.16 bits per heavy atom. The molecule has 0 amide bonds. The van der Waals surface area contributed by atoms with Crippen molar-refractivity contribution in [2.45, 2.75) is 126 Å². The number of carbonyl (C=O) groups excluding carboxylic acids is 1. The van der Waals surface area contributed by atoms with Gasteiger partial charge in [0, 0.05) is 11.5 Å². The van der Waals surface area contributed by atoms with Crippen molar-refractivity contribution in [2.24, 2.45) is 28.7 Å². The van der Waals surface area contributed by atoms with Crippen LogP contribution in [0.4, 0.5) is 0 Å². The van der Waals surface area contributed by atoms with Gasteiger partial charge in [-0.2, -0.15) is 0 Å². The highest BCUT2D eigenvalue weighted by Crippen LogP contribution is 2.49. The number of methoxy groups -OCH3 is 1. The molecule has 0 aromatic heterocycles. The van der Waals surface area contributed by atoms with E-state index in [-0.39, 0.29) is 5.78 Å². The summed E-state index contributed by atoms with van der Waals surface area (Å²) in [5.41, 5.74) is 8.66. The first-order valence-corrected chi connectivity index (χ1v) is 17.2. The molecule has 4 atom stereocenters. The van der Waals surface area contributed by atoms with Gasteiger partial charge in [0.25, 0.3) is 0 Å². The summed E-state index contributed by atoms with van der Waals surface area (Å²) in [5, 5.41) is 0. The average Bonchev–Trinajstić information content (AvgIpc) is 3.77. The maximum atomic E-state index is 11.4. The first-order valence-electron chi connectivity index (χ1n) is 17.2. The summed E-state index contributed by atoms with van der Waals surface area (Å²) in [6, 6.07) is 6.73. The summed E-state index contributed by atoms with van der Waals surface area (Å²) in [5.74, 6) is 4.96. The standard InChI is InChI=1S/C40H61NO3/c1-11-16-34(21-15-20-31(8)40(43-10)41-38(17-12-2)28(4)5)37-27-36(37)24-25-44-39-23-22-35(26-33(39)13-3)30(7)19-14-18-29(6)32(9)42/h12,20,22-23,26,28,30,34,36-37H,6,11,13-16,18-19,21,24-25,27H2,1-5,7-10H3. The maximum absolute atomic E-state index is 11.4. The van der Waals surface area contributed by atoms with Crippen molar-refractivity contribution in [3.63, 3.8) is 0 Å². The average molecular weight is 604 g/mol. The van der Waals surface area contributed by atoms with Gasteiger partial charge in [-0.05, 0) is 125 Å². The molecule has 1 aromatic carbocycles. The van der Waals surface area contributed by atoms with Crippen molar-refractivity contribution in [3.05, 3.63) is 70.6 Å². The number of Topliss-reactive ketones (excluding diaryl/α,β-unsaturated/α-hetero) is 1. The van der Waals surface area contributed by atoms with Crippen LogP contribution in [0.15, 0.2) is 64.5 Å². The molecule has 1 aromatic rings. The van der Waals surface area contributed by atoms with Gasteiger partial charge in [0.05, 0.1) is 19.4 Å². The van der Waals surface area contributed by atoms with E-state index in [0.29, 0.717) is 17.7 Å². The molecule has 4 unspecified atom stereocenters. The number of allylic oxidation sites excluding steroid dienone is 3. The zero-order chi connectivity index (χ0) is 32.6. The van der Waals surface area contributed by atoms with E-state index in [1.807, 2.05) is 13.0 Å². The molecule has 0 saturated heterocycles. The molecule has 0 bridgehead atoms. The van der Waals surface area contributed by atoms with E-state index in [1.54, 1.807) is 14.0 Å². The van der Waals surface area contributed by atoms with Gasteiger partial charge in [0.15, 0.2) is 5.78 Å². The van der Waals surface area contributed by atoms with Crippen LogP contribution >= 0.6 is 0 Å². The smallest absolute Gasteiger partial charge is 0.216 e. The first-order chi connectivity index (χ1) is 21.1. The van der Waals surface area contributed by atoms with Crippen molar-refractivity contribution in [1.29, 1.82) is 0 Å². The van der Waals surface area contributed by atoms with Crippen LogP contribution in [0.2, 0.25) is 0 Å². The van der Waals surface area contributed by atoms with Crippen LogP contribution in [0, 0.1) is 23.7 Å². The van der Waals surface area contributed by atoms with Crippen LogP contribution in [-0.4, -0.2) is 25.4 Å². The Morgan fingerprint density at radius 3 is 2.52 bits per heavy atom. The molecule has 0 spiro atoms. The molecular weight excluding hydrogens is 542 g/mol.